The first-order valence-electron chi connectivity index (χ1n) is 6.54. The van der Waals surface area contributed by atoms with Gasteiger partial charge in [0.05, 0.1) is 0 Å². The highest BCUT2D eigenvalue weighted by molar-refractivity contribution is 5.74. The molecule has 0 saturated carbocycles. The van der Waals surface area contributed by atoms with Crippen molar-refractivity contribution in [3.8, 4) is 0 Å². The first-order chi connectivity index (χ1) is 8.67. The molecule has 0 aliphatic rings. The van der Waals surface area contributed by atoms with Gasteiger partial charge in [0.25, 0.3) is 0 Å². The van der Waals surface area contributed by atoms with Crippen molar-refractivity contribution in [2.45, 2.75) is 33.2 Å². The number of carbonyl (C=O) groups excluding carboxylic acids is 1. The number of carbonyl (C=O) groups is 1. The van der Waals surface area contributed by atoms with E-state index in [0.717, 1.165) is 30.6 Å². The van der Waals surface area contributed by atoms with Crippen LogP contribution in [0.4, 0.5) is 10.5 Å². The Kier molecular flexibility index (Phi) is 6.05. The van der Waals surface area contributed by atoms with Crippen LogP contribution in [0, 0.1) is 0 Å². The summed E-state index contributed by atoms with van der Waals surface area (Å²) in [5.74, 6) is 0. The Hall–Kier alpha value is -1.71. The molecule has 1 aromatic rings. The van der Waals surface area contributed by atoms with Gasteiger partial charge in [-0.25, -0.2) is 4.79 Å². The van der Waals surface area contributed by atoms with E-state index in [4.69, 9.17) is 5.73 Å². The van der Waals surface area contributed by atoms with E-state index in [1.54, 1.807) is 4.90 Å². The van der Waals surface area contributed by atoms with Crippen molar-refractivity contribution in [2.75, 3.05) is 18.8 Å². The molecule has 0 aromatic heterocycles. The van der Waals surface area contributed by atoms with Crippen molar-refractivity contribution in [2.24, 2.45) is 0 Å². The number of hydrogen-bond donors (Lipinski definition) is 2. The first kappa shape index (κ1) is 14.4. The highest BCUT2D eigenvalue weighted by Gasteiger charge is 2.10. The van der Waals surface area contributed by atoms with Crippen molar-refractivity contribution in [3.63, 3.8) is 0 Å². The summed E-state index contributed by atoms with van der Waals surface area (Å²) in [6.45, 7) is 6.15. The van der Waals surface area contributed by atoms with E-state index in [9.17, 15) is 4.79 Å². The first-order valence-corrected chi connectivity index (χ1v) is 6.54. The molecule has 100 valence electrons. The zero-order valence-electron chi connectivity index (χ0n) is 11.3. The van der Waals surface area contributed by atoms with E-state index < -0.39 is 0 Å². The Balaban J connectivity index is 2.50. The molecule has 18 heavy (non-hydrogen) atoms. The van der Waals surface area contributed by atoms with Crippen LogP contribution < -0.4 is 11.1 Å². The molecular weight excluding hydrogens is 226 g/mol. The average molecular weight is 249 g/mol. The maximum Gasteiger partial charge on any atom is 0.317 e. The van der Waals surface area contributed by atoms with Crippen molar-refractivity contribution < 1.29 is 4.79 Å². The molecule has 3 N–H and O–H groups in total. The molecule has 0 radical (unpaired) electrons. The highest BCUT2D eigenvalue weighted by atomic mass is 16.2. The zero-order chi connectivity index (χ0) is 13.4. The molecule has 0 aliphatic heterocycles. The van der Waals surface area contributed by atoms with Gasteiger partial charge in [0, 0.05) is 25.3 Å². The smallest absolute Gasteiger partial charge is 0.317 e. The van der Waals surface area contributed by atoms with E-state index in [0.29, 0.717) is 13.1 Å². The minimum atomic E-state index is 0.00257. The van der Waals surface area contributed by atoms with Crippen LogP contribution in [0.25, 0.3) is 0 Å². The van der Waals surface area contributed by atoms with E-state index in [1.807, 2.05) is 31.2 Å². The molecule has 1 aromatic carbocycles. The number of anilines is 1. The summed E-state index contributed by atoms with van der Waals surface area (Å²) in [7, 11) is 0. The van der Waals surface area contributed by atoms with Crippen LogP contribution in [-0.2, 0) is 6.54 Å². The Bertz CT molecular complexity index is 362. The van der Waals surface area contributed by atoms with Crippen LogP contribution in [-0.4, -0.2) is 24.0 Å². The standard InChI is InChI=1S/C14H23N3O/c1-3-5-10-16-14(18)17(4-2)11-12-6-8-13(15)9-7-12/h6-9H,3-5,10-11,15H2,1-2H3,(H,16,18). The average Bonchev–Trinajstić information content (AvgIpc) is 2.38. The fraction of sp³-hybridized carbons (Fsp3) is 0.500. The van der Waals surface area contributed by atoms with Gasteiger partial charge in [-0.05, 0) is 31.0 Å². The van der Waals surface area contributed by atoms with Crippen molar-refractivity contribution in [1.82, 2.24) is 10.2 Å². The number of amides is 2. The molecule has 0 aliphatic carbocycles. The van der Waals surface area contributed by atoms with Crippen LogP contribution in [0.1, 0.15) is 32.3 Å². The molecule has 4 nitrogen and oxygen atoms in total. The highest BCUT2D eigenvalue weighted by Crippen LogP contribution is 2.08. The lowest BCUT2D eigenvalue weighted by molar-refractivity contribution is 0.198. The Labute approximate surface area is 109 Å². The number of unbranched alkanes of at least 4 members (excludes halogenated alkanes) is 1. The molecule has 0 saturated heterocycles. The van der Waals surface area contributed by atoms with Crippen molar-refractivity contribution in [3.05, 3.63) is 29.8 Å². The third kappa shape index (κ3) is 4.65. The third-order valence-electron chi connectivity index (χ3n) is 2.83. The summed E-state index contributed by atoms with van der Waals surface area (Å²) in [5, 5.41) is 2.93. The van der Waals surface area contributed by atoms with Gasteiger partial charge in [-0.2, -0.15) is 0 Å². The minimum Gasteiger partial charge on any atom is -0.399 e. The van der Waals surface area contributed by atoms with Crippen molar-refractivity contribution in [1.29, 1.82) is 0 Å². The number of nitrogens with zero attached hydrogens (tertiary/aromatic N) is 1. The lowest BCUT2D eigenvalue weighted by atomic mass is 10.2. The molecule has 1 rings (SSSR count). The summed E-state index contributed by atoms with van der Waals surface area (Å²) >= 11 is 0. The fourth-order valence-corrected chi connectivity index (χ4v) is 1.65. The topological polar surface area (TPSA) is 58.4 Å². The molecule has 0 spiro atoms. The fourth-order valence-electron chi connectivity index (χ4n) is 1.65. The number of nitrogen functional groups attached to an aromatic ring is 1. The minimum absolute atomic E-state index is 0.00257. The second kappa shape index (κ2) is 7.58. The van der Waals surface area contributed by atoms with Crippen LogP contribution in [0.3, 0.4) is 0 Å². The molecular formula is C14H23N3O. The van der Waals surface area contributed by atoms with Crippen LogP contribution >= 0.6 is 0 Å². The largest absolute Gasteiger partial charge is 0.399 e. The molecule has 0 atom stereocenters. The second-order valence-corrected chi connectivity index (χ2v) is 4.34. The van der Waals surface area contributed by atoms with Gasteiger partial charge in [-0.1, -0.05) is 25.5 Å². The van der Waals surface area contributed by atoms with Crippen LogP contribution in [0.2, 0.25) is 0 Å². The maximum absolute atomic E-state index is 11.9. The van der Waals surface area contributed by atoms with Gasteiger partial charge in [-0.15, -0.1) is 0 Å². The SMILES string of the molecule is CCCCNC(=O)N(CC)Cc1ccc(N)cc1. The third-order valence-corrected chi connectivity index (χ3v) is 2.83. The van der Waals surface area contributed by atoms with Crippen LogP contribution in [0.5, 0.6) is 0 Å². The summed E-state index contributed by atoms with van der Waals surface area (Å²) in [5.41, 5.74) is 7.48. The monoisotopic (exact) mass is 249 g/mol. The van der Waals surface area contributed by atoms with E-state index >= 15 is 0 Å². The summed E-state index contributed by atoms with van der Waals surface area (Å²) in [4.78, 5) is 13.7. The second-order valence-electron chi connectivity index (χ2n) is 4.34. The number of nitrogens with one attached hydrogen (secondary N) is 1. The van der Waals surface area contributed by atoms with Gasteiger partial charge in [0.15, 0.2) is 0 Å². The van der Waals surface area contributed by atoms with E-state index in [-0.39, 0.29) is 6.03 Å². The van der Waals surface area contributed by atoms with Crippen molar-refractivity contribution >= 4 is 11.7 Å². The number of nitrogens with two attached hydrogens (primary N) is 1. The number of hydrogen-bond acceptors (Lipinski definition) is 2. The molecule has 0 heterocycles. The lowest BCUT2D eigenvalue weighted by Gasteiger charge is -2.21. The van der Waals surface area contributed by atoms with Crippen LogP contribution in [0.15, 0.2) is 24.3 Å². The number of rotatable bonds is 6. The normalized spacial score (nSPS) is 10.1. The van der Waals surface area contributed by atoms with Gasteiger partial charge < -0.3 is 16.0 Å². The number of urea groups is 1. The molecule has 2 amide bonds. The Morgan fingerprint density at radius 1 is 1.28 bits per heavy atom. The Morgan fingerprint density at radius 2 is 1.94 bits per heavy atom. The van der Waals surface area contributed by atoms with E-state index in [2.05, 4.69) is 12.2 Å². The van der Waals surface area contributed by atoms with E-state index in [1.165, 1.54) is 0 Å². The predicted octanol–water partition coefficient (Wildman–Crippen LogP) is 2.60. The summed E-state index contributed by atoms with van der Waals surface area (Å²) in [6, 6.07) is 7.63. The molecule has 0 fully saturated rings. The van der Waals surface area contributed by atoms with Gasteiger partial charge in [-0.3, -0.25) is 0 Å². The molecule has 0 bridgehead atoms. The Morgan fingerprint density at radius 3 is 2.50 bits per heavy atom. The summed E-state index contributed by atoms with van der Waals surface area (Å²) in [6.07, 6.45) is 2.11. The molecule has 4 heteroatoms. The molecule has 0 unspecified atom stereocenters. The van der Waals surface area contributed by atoms with Gasteiger partial charge in [0.2, 0.25) is 0 Å². The zero-order valence-corrected chi connectivity index (χ0v) is 11.3. The van der Waals surface area contributed by atoms with Gasteiger partial charge >= 0.3 is 6.03 Å². The quantitative estimate of drug-likeness (QED) is 0.601. The summed E-state index contributed by atoms with van der Waals surface area (Å²) < 4.78 is 0. The maximum atomic E-state index is 11.9. The lowest BCUT2D eigenvalue weighted by Crippen LogP contribution is -2.39. The number of benzene rings is 1. The predicted molar refractivity (Wildman–Crippen MR) is 75.2 cm³/mol. The van der Waals surface area contributed by atoms with Gasteiger partial charge in [0.1, 0.15) is 0 Å².